The summed E-state index contributed by atoms with van der Waals surface area (Å²) in [5, 5.41) is 4.11. The van der Waals surface area contributed by atoms with Crippen LogP contribution in [0.15, 0.2) is 78.9 Å². The molecular weight excluding hydrogens is 467 g/mol. The molecule has 0 fully saturated rings. The molecule has 1 N–H and O–H groups in total. The summed E-state index contributed by atoms with van der Waals surface area (Å²) in [5.41, 5.74) is 2.49. The Labute approximate surface area is 211 Å². The third kappa shape index (κ3) is 7.34. The minimum absolute atomic E-state index is 0.0949. The van der Waals surface area contributed by atoms with Crippen molar-refractivity contribution < 1.29 is 9.59 Å². The number of carbonyl (C=O) groups excluding carboxylic acids is 2. The Morgan fingerprint density at radius 3 is 2.06 bits per heavy atom. The number of nitrogens with one attached hydrogen (secondary N) is 1. The van der Waals surface area contributed by atoms with Gasteiger partial charge in [0.1, 0.15) is 6.04 Å². The predicted molar refractivity (Wildman–Crippen MR) is 139 cm³/mol. The maximum atomic E-state index is 13.7. The van der Waals surface area contributed by atoms with Crippen LogP contribution in [-0.4, -0.2) is 29.3 Å². The van der Waals surface area contributed by atoms with Gasteiger partial charge in [-0.05, 0) is 35.2 Å². The standard InChI is InChI=1S/C28H30Cl2N2O2/c1-2-3-17-31-28(34)26(18-21-11-5-4-6-12-21)32(20-23-14-8-10-16-25(23)30)27(33)19-22-13-7-9-15-24(22)29/h4-16,26H,2-3,17-20H2,1H3,(H,31,34)/t26-/m0/s1. The first-order valence-electron chi connectivity index (χ1n) is 11.6. The second kappa shape index (κ2) is 13.2. The Hall–Kier alpha value is -2.82. The van der Waals surface area contributed by atoms with E-state index in [-0.39, 0.29) is 24.8 Å². The third-order valence-corrected chi connectivity index (χ3v) is 6.44. The highest BCUT2D eigenvalue weighted by atomic mass is 35.5. The van der Waals surface area contributed by atoms with Gasteiger partial charge in [-0.15, -0.1) is 0 Å². The van der Waals surface area contributed by atoms with Crippen LogP contribution in [0.2, 0.25) is 10.0 Å². The molecule has 3 rings (SSSR count). The van der Waals surface area contributed by atoms with Gasteiger partial charge in [-0.3, -0.25) is 9.59 Å². The quantitative estimate of drug-likeness (QED) is 0.326. The number of hydrogen-bond acceptors (Lipinski definition) is 2. The number of unbranched alkanes of at least 4 members (excludes halogenated alkanes) is 1. The Bertz CT molecular complexity index is 1090. The Morgan fingerprint density at radius 1 is 0.853 bits per heavy atom. The van der Waals surface area contributed by atoms with Gasteiger partial charge in [0, 0.05) is 29.6 Å². The Morgan fingerprint density at radius 2 is 1.44 bits per heavy atom. The summed E-state index contributed by atoms with van der Waals surface area (Å²) in [4.78, 5) is 28.7. The second-order valence-electron chi connectivity index (χ2n) is 8.23. The number of nitrogens with zero attached hydrogens (tertiary/aromatic N) is 1. The number of rotatable bonds is 11. The Kier molecular flexibility index (Phi) is 9.99. The monoisotopic (exact) mass is 496 g/mol. The summed E-state index contributed by atoms with van der Waals surface area (Å²) in [6.07, 6.45) is 2.34. The minimum Gasteiger partial charge on any atom is -0.354 e. The fraction of sp³-hybridized carbons (Fsp3) is 0.286. The molecule has 0 aromatic heterocycles. The summed E-state index contributed by atoms with van der Waals surface area (Å²) in [7, 11) is 0. The molecule has 0 aliphatic rings. The topological polar surface area (TPSA) is 49.4 Å². The van der Waals surface area contributed by atoms with Crippen LogP contribution >= 0.6 is 23.2 Å². The fourth-order valence-electron chi connectivity index (χ4n) is 3.78. The zero-order valence-electron chi connectivity index (χ0n) is 19.3. The van der Waals surface area contributed by atoms with E-state index in [0.717, 1.165) is 29.5 Å². The van der Waals surface area contributed by atoms with Gasteiger partial charge in [0.05, 0.1) is 6.42 Å². The van der Waals surface area contributed by atoms with Crippen LogP contribution in [0.5, 0.6) is 0 Å². The highest BCUT2D eigenvalue weighted by Crippen LogP contribution is 2.23. The number of hydrogen-bond donors (Lipinski definition) is 1. The summed E-state index contributed by atoms with van der Waals surface area (Å²) in [6.45, 7) is 2.87. The third-order valence-electron chi connectivity index (χ3n) is 5.70. The first-order chi connectivity index (χ1) is 16.5. The first-order valence-corrected chi connectivity index (χ1v) is 12.3. The molecule has 0 aliphatic heterocycles. The summed E-state index contributed by atoms with van der Waals surface area (Å²) >= 11 is 12.8. The van der Waals surface area contributed by atoms with Crippen molar-refractivity contribution in [1.82, 2.24) is 10.2 Å². The average Bonchev–Trinajstić information content (AvgIpc) is 2.84. The molecule has 3 aromatic carbocycles. The maximum absolute atomic E-state index is 13.7. The zero-order valence-corrected chi connectivity index (χ0v) is 20.9. The van der Waals surface area contributed by atoms with Crippen LogP contribution < -0.4 is 5.32 Å². The highest BCUT2D eigenvalue weighted by molar-refractivity contribution is 6.31. The largest absolute Gasteiger partial charge is 0.354 e. The SMILES string of the molecule is CCCCNC(=O)[C@H](Cc1ccccc1)N(Cc1ccccc1Cl)C(=O)Cc1ccccc1Cl. The second-order valence-corrected chi connectivity index (χ2v) is 9.05. The number of halogens is 2. The Balaban J connectivity index is 1.96. The van der Waals surface area contributed by atoms with Crippen LogP contribution in [-0.2, 0) is 29.0 Å². The van der Waals surface area contributed by atoms with Gasteiger partial charge < -0.3 is 10.2 Å². The molecule has 0 bridgehead atoms. The van der Waals surface area contributed by atoms with Crippen LogP contribution in [0, 0.1) is 0 Å². The molecule has 2 amide bonds. The van der Waals surface area contributed by atoms with E-state index in [4.69, 9.17) is 23.2 Å². The molecule has 34 heavy (non-hydrogen) atoms. The van der Waals surface area contributed by atoms with Crippen molar-refractivity contribution in [2.24, 2.45) is 0 Å². The highest BCUT2D eigenvalue weighted by Gasteiger charge is 2.31. The van der Waals surface area contributed by atoms with Gasteiger partial charge in [-0.1, -0.05) is 103 Å². The summed E-state index contributed by atoms with van der Waals surface area (Å²) in [6, 6.07) is 23.7. The normalized spacial score (nSPS) is 11.6. The molecule has 0 saturated heterocycles. The molecule has 0 spiro atoms. The number of carbonyl (C=O) groups is 2. The van der Waals surface area contributed by atoms with Gasteiger partial charge in [0.15, 0.2) is 0 Å². The van der Waals surface area contributed by atoms with E-state index in [0.29, 0.717) is 23.0 Å². The minimum atomic E-state index is -0.689. The van der Waals surface area contributed by atoms with E-state index in [2.05, 4.69) is 12.2 Å². The molecule has 3 aromatic rings. The van der Waals surface area contributed by atoms with Gasteiger partial charge in [-0.2, -0.15) is 0 Å². The lowest BCUT2D eigenvalue weighted by atomic mass is 10.0. The molecule has 178 valence electrons. The van der Waals surface area contributed by atoms with Crippen LogP contribution in [0.3, 0.4) is 0 Å². The van der Waals surface area contributed by atoms with Crippen molar-refractivity contribution in [2.45, 2.75) is 45.2 Å². The van der Waals surface area contributed by atoms with Gasteiger partial charge >= 0.3 is 0 Å². The van der Waals surface area contributed by atoms with Crippen molar-refractivity contribution in [1.29, 1.82) is 0 Å². The molecule has 0 aliphatic carbocycles. The molecule has 1 atom stereocenters. The zero-order chi connectivity index (χ0) is 24.3. The van der Waals surface area contributed by atoms with Crippen LogP contribution in [0.4, 0.5) is 0 Å². The first kappa shape index (κ1) is 25.8. The summed E-state index contributed by atoms with van der Waals surface area (Å²) < 4.78 is 0. The molecule has 0 unspecified atom stereocenters. The molecular formula is C28H30Cl2N2O2. The van der Waals surface area contributed by atoms with E-state index in [9.17, 15) is 9.59 Å². The predicted octanol–water partition coefficient (Wildman–Crippen LogP) is 6.09. The lowest BCUT2D eigenvalue weighted by Gasteiger charge is -2.32. The molecule has 4 nitrogen and oxygen atoms in total. The maximum Gasteiger partial charge on any atom is 0.243 e. The van der Waals surface area contributed by atoms with Crippen molar-refractivity contribution in [3.8, 4) is 0 Å². The van der Waals surface area contributed by atoms with E-state index >= 15 is 0 Å². The van der Waals surface area contributed by atoms with E-state index < -0.39 is 6.04 Å². The number of amides is 2. The van der Waals surface area contributed by atoms with Crippen LogP contribution in [0.25, 0.3) is 0 Å². The van der Waals surface area contributed by atoms with Crippen LogP contribution in [0.1, 0.15) is 36.5 Å². The smallest absolute Gasteiger partial charge is 0.243 e. The number of benzene rings is 3. The van der Waals surface area contributed by atoms with Crippen molar-refractivity contribution in [2.75, 3.05) is 6.54 Å². The van der Waals surface area contributed by atoms with Gasteiger partial charge in [0.25, 0.3) is 0 Å². The lowest BCUT2D eigenvalue weighted by Crippen LogP contribution is -2.51. The summed E-state index contributed by atoms with van der Waals surface area (Å²) in [5.74, 6) is -0.351. The van der Waals surface area contributed by atoms with Gasteiger partial charge in [-0.25, -0.2) is 0 Å². The van der Waals surface area contributed by atoms with E-state index in [1.165, 1.54) is 0 Å². The van der Waals surface area contributed by atoms with E-state index in [1.54, 1.807) is 17.0 Å². The van der Waals surface area contributed by atoms with Gasteiger partial charge in [0.2, 0.25) is 11.8 Å². The molecule has 6 heteroatoms. The van der Waals surface area contributed by atoms with E-state index in [1.807, 2.05) is 66.7 Å². The molecule has 0 heterocycles. The van der Waals surface area contributed by atoms with Crippen molar-refractivity contribution >= 4 is 35.0 Å². The molecule has 0 saturated carbocycles. The van der Waals surface area contributed by atoms with Crippen molar-refractivity contribution in [3.05, 3.63) is 106 Å². The fourth-order valence-corrected chi connectivity index (χ4v) is 4.17. The van der Waals surface area contributed by atoms with Crippen molar-refractivity contribution in [3.63, 3.8) is 0 Å². The molecule has 0 radical (unpaired) electrons. The lowest BCUT2D eigenvalue weighted by molar-refractivity contribution is -0.140. The average molecular weight is 497 g/mol.